The molecule has 0 heterocycles. The number of halogens is 1. The van der Waals surface area contributed by atoms with Crippen LogP contribution in [0.2, 0.25) is 0 Å². The van der Waals surface area contributed by atoms with Gasteiger partial charge in [-0.3, -0.25) is 4.79 Å². The smallest absolute Gasteiger partial charge is 0.251 e. The fourth-order valence-electron chi connectivity index (χ4n) is 1.45. The van der Waals surface area contributed by atoms with Crippen LogP contribution < -0.4 is 5.32 Å². The molecular formula is C13H18BrNO2. The number of hydrogen-bond donors (Lipinski definition) is 2. The average Bonchev–Trinajstić information content (AvgIpc) is 2.32. The van der Waals surface area contributed by atoms with E-state index in [9.17, 15) is 9.90 Å². The summed E-state index contributed by atoms with van der Waals surface area (Å²) in [6, 6.07) is 4.86. The van der Waals surface area contributed by atoms with E-state index in [2.05, 4.69) is 28.2 Å². The molecular weight excluding hydrogens is 282 g/mol. The third-order valence-corrected chi connectivity index (χ3v) is 3.75. The minimum absolute atomic E-state index is 0.0936. The summed E-state index contributed by atoms with van der Waals surface area (Å²) in [6.45, 7) is 4.53. The zero-order chi connectivity index (χ0) is 12.8. The number of benzene rings is 1. The van der Waals surface area contributed by atoms with Crippen molar-refractivity contribution in [3.05, 3.63) is 29.3 Å². The van der Waals surface area contributed by atoms with Gasteiger partial charge in [0.25, 0.3) is 5.91 Å². The molecule has 1 rings (SSSR count). The summed E-state index contributed by atoms with van der Waals surface area (Å²) in [5.41, 5.74) is 1.30. The van der Waals surface area contributed by atoms with Gasteiger partial charge in [-0.05, 0) is 43.5 Å². The van der Waals surface area contributed by atoms with Gasteiger partial charge >= 0.3 is 0 Å². The van der Waals surface area contributed by atoms with Crippen molar-refractivity contribution in [2.24, 2.45) is 0 Å². The summed E-state index contributed by atoms with van der Waals surface area (Å²) < 4.78 is 0. The van der Waals surface area contributed by atoms with Gasteiger partial charge in [-0.15, -0.1) is 0 Å². The number of carbonyl (C=O) groups is 1. The summed E-state index contributed by atoms with van der Waals surface area (Å²) in [6.07, 6.45) is 1.97. The van der Waals surface area contributed by atoms with Gasteiger partial charge in [-0.1, -0.05) is 22.9 Å². The molecule has 1 aromatic rings. The van der Waals surface area contributed by atoms with E-state index in [0.29, 0.717) is 22.5 Å². The van der Waals surface area contributed by atoms with Crippen molar-refractivity contribution in [1.82, 2.24) is 5.32 Å². The van der Waals surface area contributed by atoms with Crippen molar-refractivity contribution in [3.63, 3.8) is 0 Å². The molecule has 0 aromatic heterocycles. The van der Waals surface area contributed by atoms with Gasteiger partial charge in [-0.25, -0.2) is 0 Å². The Morgan fingerprint density at radius 1 is 1.53 bits per heavy atom. The maximum atomic E-state index is 11.8. The zero-order valence-electron chi connectivity index (χ0n) is 10.2. The van der Waals surface area contributed by atoms with Gasteiger partial charge in [0, 0.05) is 16.9 Å². The number of alkyl halides is 1. The Labute approximate surface area is 110 Å². The summed E-state index contributed by atoms with van der Waals surface area (Å²) in [5, 5.41) is 12.2. The summed E-state index contributed by atoms with van der Waals surface area (Å²) in [7, 11) is 0. The molecule has 0 aliphatic heterocycles. The molecule has 0 spiro atoms. The van der Waals surface area contributed by atoms with E-state index in [0.717, 1.165) is 12.8 Å². The second-order valence-corrected chi connectivity index (χ2v) is 5.35. The van der Waals surface area contributed by atoms with Gasteiger partial charge in [0.1, 0.15) is 5.75 Å². The van der Waals surface area contributed by atoms with Crippen LogP contribution in [0.3, 0.4) is 0 Å². The van der Waals surface area contributed by atoms with E-state index in [1.165, 1.54) is 0 Å². The molecule has 0 saturated carbocycles. The number of phenolic OH excluding ortho intramolecular Hbond substituents is 1. The minimum Gasteiger partial charge on any atom is -0.508 e. The molecule has 1 atom stereocenters. The number of nitrogens with one attached hydrogen (secondary N) is 1. The first-order chi connectivity index (χ1) is 8.04. The predicted octanol–water partition coefficient (Wildman–Crippen LogP) is 2.99. The van der Waals surface area contributed by atoms with E-state index < -0.39 is 0 Å². The molecule has 1 aromatic carbocycles. The molecule has 0 radical (unpaired) electrons. The number of carbonyl (C=O) groups excluding carboxylic acids is 1. The highest BCUT2D eigenvalue weighted by atomic mass is 79.9. The summed E-state index contributed by atoms with van der Waals surface area (Å²) in [5.74, 6) is 0.122. The molecule has 17 heavy (non-hydrogen) atoms. The van der Waals surface area contributed by atoms with Crippen LogP contribution in [0.15, 0.2) is 18.2 Å². The maximum Gasteiger partial charge on any atom is 0.251 e. The predicted molar refractivity (Wildman–Crippen MR) is 72.8 cm³/mol. The highest BCUT2D eigenvalue weighted by Crippen LogP contribution is 2.16. The average molecular weight is 300 g/mol. The number of aryl methyl sites for hydroxylation is 1. The number of phenols is 1. The molecule has 0 aliphatic carbocycles. The first-order valence-corrected chi connectivity index (χ1v) is 6.68. The summed E-state index contributed by atoms with van der Waals surface area (Å²) in [4.78, 5) is 12.2. The Balaban J connectivity index is 2.50. The van der Waals surface area contributed by atoms with E-state index in [-0.39, 0.29) is 11.7 Å². The minimum atomic E-state index is -0.0936. The van der Waals surface area contributed by atoms with Crippen LogP contribution in [0.25, 0.3) is 0 Å². The van der Waals surface area contributed by atoms with E-state index >= 15 is 0 Å². The number of rotatable bonds is 5. The van der Waals surface area contributed by atoms with Crippen molar-refractivity contribution < 1.29 is 9.90 Å². The third kappa shape index (κ3) is 4.38. The SMILES string of the molecule is CCC(Br)CCNC(=O)c1ccc(O)c(C)c1. The highest BCUT2D eigenvalue weighted by Gasteiger charge is 2.07. The van der Waals surface area contributed by atoms with Crippen LogP contribution in [-0.2, 0) is 0 Å². The van der Waals surface area contributed by atoms with Gasteiger partial charge in [0.2, 0.25) is 0 Å². The van der Waals surface area contributed by atoms with Gasteiger partial charge < -0.3 is 10.4 Å². The van der Waals surface area contributed by atoms with Crippen molar-refractivity contribution >= 4 is 21.8 Å². The molecule has 0 fully saturated rings. The lowest BCUT2D eigenvalue weighted by Crippen LogP contribution is -2.26. The lowest BCUT2D eigenvalue weighted by molar-refractivity contribution is 0.0953. The van der Waals surface area contributed by atoms with E-state index in [1.54, 1.807) is 25.1 Å². The molecule has 4 heteroatoms. The van der Waals surface area contributed by atoms with Crippen LogP contribution >= 0.6 is 15.9 Å². The van der Waals surface area contributed by atoms with Crippen LogP contribution in [0.1, 0.15) is 35.7 Å². The largest absolute Gasteiger partial charge is 0.508 e. The Morgan fingerprint density at radius 3 is 2.82 bits per heavy atom. The molecule has 0 bridgehead atoms. The van der Waals surface area contributed by atoms with Crippen LogP contribution in [0, 0.1) is 6.92 Å². The van der Waals surface area contributed by atoms with Gasteiger partial charge in [0.15, 0.2) is 0 Å². The van der Waals surface area contributed by atoms with Crippen molar-refractivity contribution in [2.75, 3.05) is 6.54 Å². The van der Waals surface area contributed by atoms with Crippen LogP contribution in [-0.4, -0.2) is 22.4 Å². The fraction of sp³-hybridized carbons (Fsp3) is 0.462. The Kier molecular flexibility index (Phi) is 5.48. The topological polar surface area (TPSA) is 49.3 Å². The van der Waals surface area contributed by atoms with Crippen molar-refractivity contribution in [2.45, 2.75) is 31.5 Å². The van der Waals surface area contributed by atoms with Crippen LogP contribution in [0.5, 0.6) is 5.75 Å². The lowest BCUT2D eigenvalue weighted by atomic mass is 10.1. The molecule has 0 aliphatic rings. The molecule has 94 valence electrons. The number of hydrogen-bond acceptors (Lipinski definition) is 2. The first-order valence-electron chi connectivity index (χ1n) is 5.76. The number of aromatic hydroxyl groups is 1. The molecule has 2 N–H and O–H groups in total. The normalized spacial score (nSPS) is 12.2. The van der Waals surface area contributed by atoms with Gasteiger partial charge in [0.05, 0.1) is 0 Å². The molecule has 0 saturated heterocycles. The Hall–Kier alpha value is -1.03. The first kappa shape index (κ1) is 14.0. The van der Waals surface area contributed by atoms with Gasteiger partial charge in [-0.2, -0.15) is 0 Å². The second-order valence-electron chi connectivity index (χ2n) is 4.05. The zero-order valence-corrected chi connectivity index (χ0v) is 11.8. The monoisotopic (exact) mass is 299 g/mol. The van der Waals surface area contributed by atoms with Crippen molar-refractivity contribution in [3.8, 4) is 5.75 Å². The fourth-order valence-corrected chi connectivity index (χ4v) is 1.67. The molecule has 1 amide bonds. The standard InChI is InChI=1S/C13H18BrNO2/c1-3-11(14)6-7-15-13(17)10-4-5-12(16)9(2)8-10/h4-5,8,11,16H,3,6-7H2,1-2H3,(H,15,17). The highest BCUT2D eigenvalue weighted by molar-refractivity contribution is 9.09. The van der Waals surface area contributed by atoms with Crippen LogP contribution in [0.4, 0.5) is 0 Å². The second kappa shape index (κ2) is 6.64. The third-order valence-electron chi connectivity index (χ3n) is 2.65. The van der Waals surface area contributed by atoms with E-state index in [4.69, 9.17) is 0 Å². The maximum absolute atomic E-state index is 11.8. The number of amides is 1. The quantitative estimate of drug-likeness (QED) is 0.821. The molecule has 1 unspecified atom stereocenters. The summed E-state index contributed by atoms with van der Waals surface area (Å²) >= 11 is 3.52. The Morgan fingerprint density at radius 2 is 2.24 bits per heavy atom. The lowest BCUT2D eigenvalue weighted by Gasteiger charge is -2.09. The Bertz CT molecular complexity index is 393. The molecule has 3 nitrogen and oxygen atoms in total. The van der Waals surface area contributed by atoms with E-state index in [1.807, 2.05) is 0 Å². The van der Waals surface area contributed by atoms with Crippen molar-refractivity contribution in [1.29, 1.82) is 0 Å².